The SMILES string of the molecule is Cc1c(C(=O)O[C@@H](C(=O)N(C)C)c2ccccc2)cccc1[N+](=O)[O-]. The molecule has 0 saturated carbocycles. The molecule has 0 N–H and O–H groups in total. The van der Waals surface area contributed by atoms with Gasteiger partial charge in [-0.1, -0.05) is 36.4 Å². The van der Waals surface area contributed by atoms with E-state index in [2.05, 4.69) is 0 Å². The maximum Gasteiger partial charge on any atom is 0.339 e. The van der Waals surface area contributed by atoms with Gasteiger partial charge in [0.2, 0.25) is 6.10 Å². The van der Waals surface area contributed by atoms with Crippen LogP contribution in [0.5, 0.6) is 0 Å². The quantitative estimate of drug-likeness (QED) is 0.473. The molecule has 0 heterocycles. The van der Waals surface area contributed by atoms with E-state index in [-0.39, 0.29) is 16.8 Å². The van der Waals surface area contributed by atoms with Crippen molar-refractivity contribution in [2.45, 2.75) is 13.0 Å². The summed E-state index contributed by atoms with van der Waals surface area (Å²) in [5.41, 5.74) is 0.602. The molecule has 2 rings (SSSR count). The second-order valence-corrected chi connectivity index (χ2v) is 5.64. The van der Waals surface area contributed by atoms with Crippen LogP contribution in [0.15, 0.2) is 48.5 Å². The molecule has 130 valence electrons. The van der Waals surface area contributed by atoms with Crippen molar-refractivity contribution >= 4 is 17.6 Å². The molecule has 0 aliphatic carbocycles. The monoisotopic (exact) mass is 342 g/mol. The van der Waals surface area contributed by atoms with Gasteiger partial charge >= 0.3 is 5.97 Å². The summed E-state index contributed by atoms with van der Waals surface area (Å²) in [5.74, 6) is -1.19. The standard InChI is InChI=1S/C18H18N2O5/c1-12-14(10-7-11-15(12)20(23)24)18(22)25-16(17(21)19(2)3)13-8-5-4-6-9-13/h4-11,16H,1-3H3/t16-/m1/s1. The van der Waals surface area contributed by atoms with Gasteiger partial charge in [0.05, 0.1) is 10.5 Å². The maximum absolute atomic E-state index is 12.5. The highest BCUT2D eigenvalue weighted by atomic mass is 16.6. The molecule has 1 atom stereocenters. The van der Waals surface area contributed by atoms with E-state index in [1.165, 1.54) is 30.0 Å². The van der Waals surface area contributed by atoms with E-state index >= 15 is 0 Å². The summed E-state index contributed by atoms with van der Waals surface area (Å²) >= 11 is 0. The number of nitro groups is 1. The number of nitro benzene ring substituents is 1. The van der Waals surface area contributed by atoms with Crippen LogP contribution in [0.2, 0.25) is 0 Å². The van der Waals surface area contributed by atoms with Gasteiger partial charge in [-0.3, -0.25) is 14.9 Å². The predicted molar refractivity (Wildman–Crippen MR) is 91.1 cm³/mol. The van der Waals surface area contributed by atoms with E-state index in [0.717, 1.165) is 0 Å². The van der Waals surface area contributed by atoms with Gasteiger partial charge in [0.25, 0.3) is 11.6 Å². The number of carbonyl (C=O) groups excluding carboxylic acids is 2. The average molecular weight is 342 g/mol. The number of ether oxygens (including phenoxy) is 1. The van der Waals surface area contributed by atoms with Crippen molar-refractivity contribution in [3.8, 4) is 0 Å². The van der Waals surface area contributed by atoms with Gasteiger partial charge in [-0.15, -0.1) is 0 Å². The second-order valence-electron chi connectivity index (χ2n) is 5.64. The number of hydrogen-bond donors (Lipinski definition) is 0. The number of amides is 1. The fourth-order valence-electron chi connectivity index (χ4n) is 2.34. The molecule has 0 fully saturated rings. The lowest BCUT2D eigenvalue weighted by Gasteiger charge is -2.21. The number of nitrogens with zero attached hydrogens (tertiary/aromatic N) is 2. The molecule has 1 amide bonds. The van der Waals surface area contributed by atoms with Crippen LogP contribution in [0, 0.1) is 17.0 Å². The Labute approximate surface area is 145 Å². The summed E-state index contributed by atoms with van der Waals surface area (Å²) in [5, 5.41) is 11.0. The van der Waals surface area contributed by atoms with Crippen LogP contribution in [0.4, 0.5) is 5.69 Å². The normalized spacial score (nSPS) is 11.5. The largest absolute Gasteiger partial charge is 0.444 e. The highest BCUT2D eigenvalue weighted by Crippen LogP contribution is 2.25. The van der Waals surface area contributed by atoms with Gasteiger partial charge in [0, 0.05) is 31.3 Å². The summed E-state index contributed by atoms with van der Waals surface area (Å²) in [6.45, 7) is 1.47. The molecule has 0 radical (unpaired) electrons. The van der Waals surface area contributed by atoms with Gasteiger partial charge < -0.3 is 9.64 Å². The summed E-state index contributed by atoms with van der Waals surface area (Å²) in [7, 11) is 3.12. The van der Waals surface area contributed by atoms with Crippen molar-refractivity contribution in [1.29, 1.82) is 0 Å². The number of hydrogen-bond acceptors (Lipinski definition) is 5. The summed E-state index contributed by atoms with van der Waals surface area (Å²) in [6, 6.07) is 12.8. The van der Waals surface area contributed by atoms with E-state index < -0.39 is 22.9 Å². The number of esters is 1. The highest BCUT2D eigenvalue weighted by molar-refractivity contribution is 5.94. The Kier molecular flexibility index (Phi) is 5.49. The minimum atomic E-state index is -1.12. The molecule has 0 aliphatic heterocycles. The van der Waals surface area contributed by atoms with E-state index in [1.807, 2.05) is 0 Å². The molecular weight excluding hydrogens is 324 g/mol. The molecule has 7 nitrogen and oxygen atoms in total. The van der Waals surface area contributed by atoms with Crippen LogP contribution in [-0.4, -0.2) is 35.8 Å². The molecule has 0 saturated heterocycles. The summed E-state index contributed by atoms with van der Waals surface area (Å²) in [4.78, 5) is 36.7. The topological polar surface area (TPSA) is 89.8 Å². The lowest BCUT2D eigenvalue weighted by Crippen LogP contribution is -2.31. The number of rotatable bonds is 5. The molecular formula is C18H18N2O5. The minimum Gasteiger partial charge on any atom is -0.444 e. The average Bonchev–Trinajstić information content (AvgIpc) is 2.59. The second kappa shape index (κ2) is 7.57. The zero-order valence-corrected chi connectivity index (χ0v) is 14.1. The number of benzene rings is 2. The molecule has 25 heavy (non-hydrogen) atoms. The Balaban J connectivity index is 2.37. The lowest BCUT2D eigenvalue weighted by molar-refractivity contribution is -0.385. The first-order valence-electron chi connectivity index (χ1n) is 7.54. The highest BCUT2D eigenvalue weighted by Gasteiger charge is 2.28. The summed E-state index contributed by atoms with van der Waals surface area (Å²) in [6.07, 6.45) is -1.12. The number of carbonyl (C=O) groups is 2. The third-order valence-electron chi connectivity index (χ3n) is 3.71. The molecule has 0 spiro atoms. The molecule has 2 aromatic rings. The fourth-order valence-corrected chi connectivity index (χ4v) is 2.34. The Hall–Kier alpha value is -3.22. The molecule has 0 unspecified atom stereocenters. The predicted octanol–water partition coefficient (Wildman–Crippen LogP) is 2.89. The van der Waals surface area contributed by atoms with Crippen molar-refractivity contribution in [3.63, 3.8) is 0 Å². The molecule has 0 aliphatic rings. The molecule has 7 heteroatoms. The fraction of sp³-hybridized carbons (Fsp3) is 0.222. The van der Waals surface area contributed by atoms with Gasteiger partial charge in [-0.2, -0.15) is 0 Å². The van der Waals surface area contributed by atoms with Crippen LogP contribution < -0.4 is 0 Å². The van der Waals surface area contributed by atoms with Crippen molar-refractivity contribution in [2.24, 2.45) is 0 Å². The third kappa shape index (κ3) is 4.00. The van der Waals surface area contributed by atoms with Crippen LogP contribution in [0.1, 0.15) is 27.6 Å². The van der Waals surface area contributed by atoms with Crippen molar-refractivity contribution in [1.82, 2.24) is 4.90 Å². The first-order chi connectivity index (χ1) is 11.8. The first-order valence-corrected chi connectivity index (χ1v) is 7.54. The first kappa shape index (κ1) is 18.1. The van der Waals surface area contributed by atoms with Crippen LogP contribution >= 0.6 is 0 Å². The van der Waals surface area contributed by atoms with Crippen LogP contribution in [0.25, 0.3) is 0 Å². The Morgan fingerprint density at radius 1 is 1.08 bits per heavy atom. The Morgan fingerprint density at radius 3 is 2.28 bits per heavy atom. The zero-order chi connectivity index (χ0) is 18.6. The van der Waals surface area contributed by atoms with E-state index in [4.69, 9.17) is 4.74 Å². The maximum atomic E-state index is 12.5. The smallest absolute Gasteiger partial charge is 0.339 e. The lowest BCUT2D eigenvalue weighted by atomic mass is 10.1. The van der Waals surface area contributed by atoms with Crippen molar-refractivity contribution in [3.05, 3.63) is 75.3 Å². The number of likely N-dealkylation sites (N-methyl/N-ethyl adjacent to an activating group) is 1. The molecule has 0 aromatic heterocycles. The Morgan fingerprint density at radius 2 is 1.72 bits per heavy atom. The van der Waals surface area contributed by atoms with Gasteiger partial charge in [-0.05, 0) is 13.0 Å². The van der Waals surface area contributed by atoms with E-state index in [9.17, 15) is 19.7 Å². The van der Waals surface area contributed by atoms with Gasteiger partial charge in [-0.25, -0.2) is 4.79 Å². The Bertz CT molecular complexity index is 802. The summed E-state index contributed by atoms with van der Waals surface area (Å²) < 4.78 is 5.41. The van der Waals surface area contributed by atoms with E-state index in [0.29, 0.717) is 5.56 Å². The minimum absolute atomic E-state index is 0.0571. The zero-order valence-electron chi connectivity index (χ0n) is 14.1. The molecule has 0 bridgehead atoms. The van der Waals surface area contributed by atoms with Crippen molar-refractivity contribution < 1.29 is 19.2 Å². The van der Waals surface area contributed by atoms with Crippen molar-refractivity contribution in [2.75, 3.05) is 14.1 Å². The van der Waals surface area contributed by atoms with Crippen LogP contribution in [-0.2, 0) is 9.53 Å². The molecule has 2 aromatic carbocycles. The van der Waals surface area contributed by atoms with Crippen LogP contribution in [0.3, 0.4) is 0 Å². The van der Waals surface area contributed by atoms with Gasteiger partial charge in [0.1, 0.15) is 0 Å². The van der Waals surface area contributed by atoms with E-state index in [1.54, 1.807) is 44.4 Å². The third-order valence-corrected chi connectivity index (χ3v) is 3.71. The van der Waals surface area contributed by atoms with Gasteiger partial charge in [0.15, 0.2) is 0 Å².